The highest BCUT2D eigenvalue weighted by Crippen LogP contribution is 2.17. The van der Waals surface area contributed by atoms with Crippen molar-refractivity contribution in [3.63, 3.8) is 0 Å². The molecular formula is C16H27IN4S. The van der Waals surface area contributed by atoms with E-state index in [0.29, 0.717) is 0 Å². The Bertz CT molecular complexity index is 467. The van der Waals surface area contributed by atoms with Crippen molar-refractivity contribution in [1.82, 2.24) is 15.5 Å². The molecule has 0 bridgehead atoms. The van der Waals surface area contributed by atoms with Gasteiger partial charge >= 0.3 is 0 Å². The van der Waals surface area contributed by atoms with Gasteiger partial charge in [0.2, 0.25) is 0 Å². The topological polar surface area (TPSA) is 39.7 Å². The van der Waals surface area contributed by atoms with Gasteiger partial charge in [-0.15, -0.1) is 24.0 Å². The molecule has 1 aromatic carbocycles. The van der Waals surface area contributed by atoms with Gasteiger partial charge < -0.3 is 10.6 Å². The minimum atomic E-state index is 0. The number of halogens is 1. The maximum atomic E-state index is 4.25. The molecule has 0 atom stereocenters. The highest BCUT2D eigenvalue weighted by atomic mass is 127. The number of nitrogens with one attached hydrogen (secondary N) is 2. The van der Waals surface area contributed by atoms with Crippen molar-refractivity contribution < 1.29 is 0 Å². The van der Waals surface area contributed by atoms with Crippen LogP contribution in [0.3, 0.4) is 0 Å². The minimum absolute atomic E-state index is 0. The first-order chi connectivity index (χ1) is 10.3. The van der Waals surface area contributed by atoms with Gasteiger partial charge in [-0.3, -0.25) is 9.89 Å². The second-order valence-electron chi connectivity index (χ2n) is 5.21. The lowest BCUT2D eigenvalue weighted by molar-refractivity contribution is 0.258. The first kappa shape index (κ1) is 19.6. The van der Waals surface area contributed by atoms with Crippen molar-refractivity contribution in [1.29, 1.82) is 0 Å². The molecule has 1 heterocycles. The fourth-order valence-corrected chi connectivity index (χ4v) is 2.88. The van der Waals surface area contributed by atoms with E-state index in [-0.39, 0.29) is 24.0 Å². The van der Waals surface area contributed by atoms with Crippen molar-refractivity contribution in [2.75, 3.05) is 45.2 Å². The number of thioether (sulfide) groups is 1. The van der Waals surface area contributed by atoms with E-state index in [1.54, 1.807) is 0 Å². The standard InChI is InChI=1S/C16H26N4S.HI/c1-17-16(19-9-12-21-2)18-8-11-20-10-7-14-5-3-4-6-15(14)13-20;/h3-6H,7-13H2,1-2H3,(H2,17,18,19);1H. The van der Waals surface area contributed by atoms with Gasteiger partial charge in [0, 0.05) is 45.5 Å². The highest BCUT2D eigenvalue weighted by Gasteiger charge is 2.14. The Morgan fingerprint density at radius 3 is 2.68 bits per heavy atom. The van der Waals surface area contributed by atoms with Crippen LogP contribution in [-0.4, -0.2) is 56.1 Å². The Morgan fingerprint density at radius 1 is 1.23 bits per heavy atom. The average molecular weight is 434 g/mol. The van der Waals surface area contributed by atoms with Gasteiger partial charge in [0.1, 0.15) is 0 Å². The van der Waals surface area contributed by atoms with Crippen LogP contribution >= 0.6 is 35.7 Å². The number of hydrogen-bond donors (Lipinski definition) is 2. The first-order valence-electron chi connectivity index (χ1n) is 7.56. The van der Waals surface area contributed by atoms with E-state index in [1.165, 1.54) is 11.1 Å². The molecule has 0 fully saturated rings. The monoisotopic (exact) mass is 434 g/mol. The molecule has 0 saturated heterocycles. The third-order valence-corrected chi connectivity index (χ3v) is 4.36. The molecule has 0 spiro atoms. The van der Waals surface area contributed by atoms with E-state index < -0.39 is 0 Å². The normalized spacial score (nSPS) is 14.9. The minimum Gasteiger partial charge on any atom is -0.356 e. The number of nitrogens with zero attached hydrogens (tertiary/aromatic N) is 2. The maximum Gasteiger partial charge on any atom is 0.191 e. The molecule has 0 radical (unpaired) electrons. The van der Waals surface area contributed by atoms with E-state index in [4.69, 9.17) is 0 Å². The van der Waals surface area contributed by atoms with E-state index >= 15 is 0 Å². The quantitative estimate of drug-likeness (QED) is 0.312. The fraction of sp³-hybridized carbons (Fsp3) is 0.562. The molecule has 6 heteroatoms. The lowest BCUT2D eigenvalue weighted by Gasteiger charge is -2.28. The largest absolute Gasteiger partial charge is 0.356 e. The average Bonchev–Trinajstić information content (AvgIpc) is 2.53. The lowest BCUT2D eigenvalue weighted by Crippen LogP contribution is -2.43. The molecule has 22 heavy (non-hydrogen) atoms. The smallest absolute Gasteiger partial charge is 0.191 e. The summed E-state index contributed by atoms with van der Waals surface area (Å²) in [7, 11) is 1.82. The molecule has 4 nitrogen and oxygen atoms in total. The van der Waals surface area contributed by atoms with Crippen LogP contribution in [0, 0.1) is 0 Å². The van der Waals surface area contributed by atoms with E-state index in [9.17, 15) is 0 Å². The molecule has 1 aromatic rings. The second kappa shape index (κ2) is 11.1. The van der Waals surface area contributed by atoms with Gasteiger partial charge in [-0.2, -0.15) is 11.8 Å². The number of guanidine groups is 1. The number of hydrogen-bond acceptors (Lipinski definition) is 3. The maximum absolute atomic E-state index is 4.25. The zero-order valence-corrected chi connectivity index (χ0v) is 16.6. The molecule has 1 aliphatic heterocycles. The number of benzene rings is 1. The molecule has 0 aliphatic carbocycles. The summed E-state index contributed by atoms with van der Waals surface area (Å²) in [6.45, 7) is 5.16. The van der Waals surface area contributed by atoms with E-state index in [0.717, 1.165) is 50.9 Å². The Balaban J connectivity index is 0.00000242. The van der Waals surface area contributed by atoms with Gasteiger partial charge in [-0.1, -0.05) is 24.3 Å². The van der Waals surface area contributed by atoms with Crippen molar-refractivity contribution in [2.24, 2.45) is 4.99 Å². The molecular weight excluding hydrogens is 407 g/mol. The summed E-state index contributed by atoms with van der Waals surface area (Å²) in [6, 6.07) is 8.78. The zero-order valence-electron chi connectivity index (χ0n) is 13.5. The summed E-state index contributed by atoms with van der Waals surface area (Å²) in [5.41, 5.74) is 2.99. The van der Waals surface area contributed by atoms with Gasteiger partial charge in [-0.25, -0.2) is 0 Å². The van der Waals surface area contributed by atoms with Crippen LogP contribution in [0.4, 0.5) is 0 Å². The molecule has 1 aliphatic rings. The van der Waals surface area contributed by atoms with Crippen LogP contribution in [0.2, 0.25) is 0 Å². The SMILES string of the molecule is CN=C(NCCSC)NCCN1CCc2ccccc2C1.I. The van der Waals surface area contributed by atoms with Gasteiger partial charge in [0.05, 0.1) is 0 Å². The van der Waals surface area contributed by atoms with Crippen molar-refractivity contribution in [3.05, 3.63) is 35.4 Å². The third kappa shape index (κ3) is 6.34. The van der Waals surface area contributed by atoms with E-state index in [1.807, 2.05) is 18.8 Å². The second-order valence-corrected chi connectivity index (χ2v) is 6.20. The Labute approximate surface area is 155 Å². The molecule has 0 saturated carbocycles. The summed E-state index contributed by atoms with van der Waals surface area (Å²) in [4.78, 5) is 6.75. The van der Waals surface area contributed by atoms with Crippen LogP contribution < -0.4 is 10.6 Å². The van der Waals surface area contributed by atoms with Crippen LogP contribution in [0.1, 0.15) is 11.1 Å². The van der Waals surface area contributed by atoms with Crippen LogP contribution in [0.25, 0.3) is 0 Å². The van der Waals surface area contributed by atoms with Crippen molar-refractivity contribution in [3.8, 4) is 0 Å². The van der Waals surface area contributed by atoms with Crippen molar-refractivity contribution in [2.45, 2.75) is 13.0 Å². The van der Waals surface area contributed by atoms with E-state index in [2.05, 4.69) is 51.0 Å². The lowest BCUT2D eigenvalue weighted by atomic mass is 10.00. The highest BCUT2D eigenvalue weighted by molar-refractivity contribution is 14.0. The zero-order chi connectivity index (χ0) is 14.9. The summed E-state index contributed by atoms with van der Waals surface area (Å²) >= 11 is 1.84. The summed E-state index contributed by atoms with van der Waals surface area (Å²) < 4.78 is 0. The van der Waals surface area contributed by atoms with Crippen LogP contribution in [0.15, 0.2) is 29.3 Å². The fourth-order valence-electron chi connectivity index (χ4n) is 2.57. The Kier molecular flexibility index (Phi) is 9.90. The third-order valence-electron chi connectivity index (χ3n) is 3.75. The Hall–Kier alpha value is -0.470. The molecule has 0 unspecified atom stereocenters. The molecule has 0 aromatic heterocycles. The van der Waals surface area contributed by atoms with Crippen LogP contribution in [0.5, 0.6) is 0 Å². The predicted molar refractivity (Wildman–Crippen MR) is 109 cm³/mol. The summed E-state index contributed by atoms with van der Waals surface area (Å²) in [5.74, 6) is 2.00. The number of fused-ring (bicyclic) bond motifs is 1. The van der Waals surface area contributed by atoms with Gasteiger partial charge in [0.25, 0.3) is 0 Å². The van der Waals surface area contributed by atoms with Gasteiger partial charge in [0.15, 0.2) is 5.96 Å². The predicted octanol–water partition coefficient (Wildman–Crippen LogP) is 2.19. The molecule has 124 valence electrons. The molecule has 2 N–H and O–H groups in total. The number of rotatable bonds is 6. The first-order valence-corrected chi connectivity index (χ1v) is 8.95. The van der Waals surface area contributed by atoms with Crippen LogP contribution in [-0.2, 0) is 13.0 Å². The summed E-state index contributed by atoms with van der Waals surface area (Å²) in [5, 5.41) is 6.71. The van der Waals surface area contributed by atoms with Crippen molar-refractivity contribution >= 4 is 41.7 Å². The Morgan fingerprint density at radius 2 is 1.95 bits per heavy atom. The number of aliphatic imine (C=N–C) groups is 1. The van der Waals surface area contributed by atoms with Gasteiger partial charge in [-0.05, 0) is 23.8 Å². The summed E-state index contributed by atoms with van der Waals surface area (Å²) in [6.07, 6.45) is 3.28. The molecule has 0 amide bonds. The molecule has 2 rings (SSSR count).